The Balaban J connectivity index is 1.40. The first-order valence-corrected chi connectivity index (χ1v) is 8.71. The molecule has 6 heteroatoms. The highest BCUT2D eigenvalue weighted by Crippen LogP contribution is 2.23. The van der Waals surface area contributed by atoms with Gasteiger partial charge in [-0.15, -0.1) is 0 Å². The lowest BCUT2D eigenvalue weighted by Gasteiger charge is -2.31. The third kappa shape index (κ3) is 4.59. The summed E-state index contributed by atoms with van der Waals surface area (Å²) in [6, 6.07) is 7.72. The van der Waals surface area contributed by atoms with Gasteiger partial charge in [0.05, 0.1) is 10.7 Å². The number of nitrogens with one attached hydrogen (secondary N) is 2. The smallest absolute Gasteiger partial charge is 0.319 e. The second-order valence-electron chi connectivity index (χ2n) is 6.31. The number of hydrogen-bond acceptors (Lipinski definition) is 3. The molecule has 0 saturated carbocycles. The van der Waals surface area contributed by atoms with Crippen molar-refractivity contribution >= 4 is 23.3 Å². The minimum Gasteiger partial charge on any atom is -0.381 e. The Kier molecular flexibility index (Phi) is 5.75. The van der Waals surface area contributed by atoms with Gasteiger partial charge < -0.3 is 15.4 Å². The van der Waals surface area contributed by atoms with Crippen LogP contribution in [-0.2, 0) is 4.74 Å². The Bertz CT molecular complexity index is 534. The molecule has 0 radical (unpaired) electrons. The van der Waals surface area contributed by atoms with Crippen molar-refractivity contribution in [2.24, 2.45) is 5.92 Å². The van der Waals surface area contributed by atoms with E-state index in [1.165, 1.54) is 0 Å². The number of hydrogen-bond donors (Lipinski definition) is 2. The molecule has 1 aromatic rings. The van der Waals surface area contributed by atoms with E-state index in [1.807, 2.05) is 12.1 Å². The number of para-hydroxylation sites is 1. The van der Waals surface area contributed by atoms with Crippen molar-refractivity contribution in [3.8, 4) is 0 Å². The summed E-state index contributed by atoms with van der Waals surface area (Å²) in [6.07, 6.45) is 3.41. The van der Waals surface area contributed by atoms with Crippen molar-refractivity contribution in [1.29, 1.82) is 0 Å². The van der Waals surface area contributed by atoms with Crippen molar-refractivity contribution < 1.29 is 9.53 Å². The molecule has 0 spiro atoms. The van der Waals surface area contributed by atoms with Gasteiger partial charge in [0.25, 0.3) is 0 Å². The van der Waals surface area contributed by atoms with E-state index >= 15 is 0 Å². The Hall–Kier alpha value is -1.30. The molecule has 3 rings (SSSR count). The third-order valence-electron chi connectivity index (χ3n) is 4.70. The van der Waals surface area contributed by atoms with Crippen LogP contribution >= 0.6 is 11.6 Å². The molecule has 2 aliphatic heterocycles. The lowest BCUT2D eigenvalue weighted by molar-refractivity contribution is 0.0412. The summed E-state index contributed by atoms with van der Waals surface area (Å²) in [5.41, 5.74) is 0.641. The number of ether oxygens (including phenoxy) is 1. The number of amides is 2. The van der Waals surface area contributed by atoms with Gasteiger partial charge in [-0.05, 0) is 43.9 Å². The molecule has 126 valence electrons. The molecule has 2 heterocycles. The van der Waals surface area contributed by atoms with Crippen molar-refractivity contribution in [2.75, 3.05) is 38.2 Å². The van der Waals surface area contributed by atoms with Crippen LogP contribution in [0.2, 0.25) is 5.02 Å². The number of carbonyl (C=O) groups excluding carboxylic acids is 1. The quantitative estimate of drug-likeness (QED) is 0.888. The van der Waals surface area contributed by atoms with Gasteiger partial charge in [0.1, 0.15) is 0 Å². The number of halogens is 1. The Morgan fingerprint density at radius 2 is 2.04 bits per heavy atom. The van der Waals surface area contributed by atoms with Gasteiger partial charge in [-0.1, -0.05) is 23.7 Å². The largest absolute Gasteiger partial charge is 0.381 e. The number of anilines is 1. The number of nitrogens with zero attached hydrogens (tertiary/aromatic N) is 1. The minimum absolute atomic E-state index is 0.192. The standard InChI is InChI=1S/C17H24ClN3O2/c18-15-3-1-2-4-16(15)20-17(22)19-11-13-5-8-21(12-13)14-6-9-23-10-7-14/h1-4,13-14H,5-12H2,(H2,19,20,22)/t13-/m1/s1. The van der Waals surface area contributed by atoms with Gasteiger partial charge in [0.15, 0.2) is 0 Å². The second-order valence-corrected chi connectivity index (χ2v) is 6.72. The number of benzene rings is 1. The average Bonchev–Trinajstić information content (AvgIpc) is 3.05. The maximum absolute atomic E-state index is 12.0. The van der Waals surface area contributed by atoms with Gasteiger partial charge in [0, 0.05) is 32.3 Å². The fourth-order valence-electron chi connectivity index (χ4n) is 3.38. The number of rotatable bonds is 4. The predicted molar refractivity (Wildman–Crippen MR) is 92.0 cm³/mol. The summed E-state index contributed by atoms with van der Waals surface area (Å²) in [4.78, 5) is 14.5. The summed E-state index contributed by atoms with van der Waals surface area (Å²) < 4.78 is 5.43. The van der Waals surface area contributed by atoms with E-state index < -0.39 is 0 Å². The van der Waals surface area contributed by atoms with Crippen LogP contribution in [-0.4, -0.2) is 49.8 Å². The zero-order valence-electron chi connectivity index (χ0n) is 13.3. The van der Waals surface area contributed by atoms with Crippen LogP contribution in [0.1, 0.15) is 19.3 Å². The summed E-state index contributed by atoms with van der Waals surface area (Å²) in [7, 11) is 0. The molecular weight excluding hydrogens is 314 g/mol. The number of carbonyl (C=O) groups is 1. The zero-order chi connectivity index (χ0) is 16.1. The molecule has 0 aromatic heterocycles. The van der Waals surface area contributed by atoms with Crippen molar-refractivity contribution in [3.63, 3.8) is 0 Å². The summed E-state index contributed by atoms with van der Waals surface area (Å²) in [6.45, 7) is 4.66. The molecule has 0 aliphatic carbocycles. The van der Waals surface area contributed by atoms with E-state index in [2.05, 4.69) is 15.5 Å². The topological polar surface area (TPSA) is 53.6 Å². The highest BCUT2D eigenvalue weighted by molar-refractivity contribution is 6.33. The molecular formula is C17H24ClN3O2. The molecule has 23 heavy (non-hydrogen) atoms. The van der Waals surface area contributed by atoms with Crippen molar-refractivity contribution in [3.05, 3.63) is 29.3 Å². The lowest BCUT2D eigenvalue weighted by atomic mass is 10.1. The van der Waals surface area contributed by atoms with E-state index in [0.29, 0.717) is 29.2 Å². The van der Waals surface area contributed by atoms with Crippen LogP contribution < -0.4 is 10.6 Å². The first-order chi connectivity index (χ1) is 11.2. The fraction of sp³-hybridized carbons (Fsp3) is 0.588. The van der Waals surface area contributed by atoms with E-state index in [9.17, 15) is 4.79 Å². The Morgan fingerprint density at radius 3 is 2.83 bits per heavy atom. The van der Waals surface area contributed by atoms with Gasteiger partial charge in [-0.25, -0.2) is 4.79 Å². The van der Waals surface area contributed by atoms with E-state index in [0.717, 1.165) is 45.6 Å². The van der Waals surface area contributed by atoms with Crippen LogP contribution in [0.3, 0.4) is 0 Å². The molecule has 2 amide bonds. The molecule has 1 atom stereocenters. The maximum atomic E-state index is 12.0. The maximum Gasteiger partial charge on any atom is 0.319 e. The van der Waals surface area contributed by atoms with Gasteiger partial charge in [-0.3, -0.25) is 4.90 Å². The van der Waals surface area contributed by atoms with E-state index in [-0.39, 0.29) is 6.03 Å². The summed E-state index contributed by atoms with van der Waals surface area (Å²) >= 11 is 6.04. The van der Waals surface area contributed by atoms with Crippen LogP contribution in [0.4, 0.5) is 10.5 Å². The first kappa shape index (κ1) is 16.6. The monoisotopic (exact) mass is 337 g/mol. The average molecular weight is 338 g/mol. The van der Waals surface area contributed by atoms with Crippen LogP contribution in [0.15, 0.2) is 24.3 Å². The fourth-order valence-corrected chi connectivity index (χ4v) is 3.56. The first-order valence-electron chi connectivity index (χ1n) is 8.33. The van der Waals surface area contributed by atoms with Gasteiger partial charge in [0.2, 0.25) is 0 Å². The van der Waals surface area contributed by atoms with Gasteiger partial charge in [-0.2, -0.15) is 0 Å². The second kappa shape index (κ2) is 7.99. The van der Waals surface area contributed by atoms with E-state index in [4.69, 9.17) is 16.3 Å². The number of likely N-dealkylation sites (tertiary alicyclic amines) is 1. The summed E-state index contributed by atoms with van der Waals surface area (Å²) in [5.74, 6) is 0.523. The molecule has 0 unspecified atom stereocenters. The molecule has 0 bridgehead atoms. The van der Waals surface area contributed by atoms with Crippen molar-refractivity contribution in [1.82, 2.24) is 10.2 Å². The Morgan fingerprint density at radius 1 is 1.26 bits per heavy atom. The lowest BCUT2D eigenvalue weighted by Crippen LogP contribution is -2.39. The normalized spacial score (nSPS) is 22.9. The SMILES string of the molecule is O=C(NC[C@H]1CCN(C2CCOCC2)C1)Nc1ccccc1Cl. The summed E-state index contributed by atoms with van der Waals surface area (Å²) in [5, 5.41) is 6.31. The third-order valence-corrected chi connectivity index (χ3v) is 5.03. The number of urea groups is 1. The molecule has 2 fully saturated rings. The molecule has 5 nitrogen and oxygen atoms in total. The van der Waals surface area contributed by atoms with Crippen LogP contribution in [0.25, 0.3) is 0 Å². The molecule has 2 aliphatic rings. The Labute approximate surface area is 142 Å². The van der Waals surface area contributed by atoms with Crippen LogP contribution in [0, 0.1) is 5.92 Å². The minimum atomic E-state index is -0.192. The van der Waals surface area contributed by atoms with Gasteiger partial charge >= 0.3 is 6.03 Å². The zero-order valence-corrected chi connectivity index (χ0v) is 14.0. The molecule has 2 N–H and O–H groups in total. The van der Waals surface area contributed by atoms with Crippen molar-refractivity contribution in [2.45, 2.75) is 25.3 Å². The highest BCUT2D eigenvalue weighted by Gasteiger charge is 2.29. The predicted octanol–water partition coefficient (Wildman–Crippen LogP) is 2.96. The van der Waals surface area contributed by atoms with Crippen LogP contribution in [0.5, 0.6) is 0 Å². The van der Waals surface area contributed by atoms with E-state index in [1.54, 1.807) is 12.1 Å². The highest BCUT2D eigenvalue weighted by atomic mass is 35.5. The molecule has 2 saturated heterocycles. The molecule has 1 aromatic carbocycles.